The number of aryl methyl sites for hydroxylation is 1. The number of carbonyl (C=O) groups is 1. The van der Waals surface area contributed by atoms with Crippen molar-refractivity contribution in [2.45, 2.75) is 6.92 Å². The van der Waals surface area contributed by atoms with Crippen LogP contribution in [0.2, 0.25) is 5.02 Å². The molecule has 1 aromatic carbocycles. The maximum atomic E-state index is 12.3. The van der Waals surface area contributed by atoms with Crippen molar-refractivity contribution < 1.29 is 9.53 Å². The van der Waals surface area contributed by atoms with E-state index in [0.717, 1.165) is 5.69 Å². The Morgan fingerprint density at radius 1 is 1.12 bits per heavy atom. The maximum Gasteiger partial charge on any atom is 0.274 e. The van der Waals surface area contributed by atoms with E-state index < -0.39 is 0 Å². The third-order valence-corrected chi connectivity index (χ3v) is 3.34. The highest BCUT2D eigenvalue weighted by molar-refractivity contribution is 6.31. The molecule has 0 radical (unpaired) electrons. The molecule has 6 heteroatoms. The van der Waals surface area contributed by atoms with Crippen LogP contribution in [-0.4, -0.2) is 15.9 Å². The van der Waals surface area contributed by atoms with E-state index in [0.29, 0.717) is 27.9 Å². The highest BCUT2D eigenvalue weighted by Gasteiger charge is 2.10. The van der Waals surface area contributed by atoms with Crippen LogP contribution in [0, 0.1) is 6.92 Å². The first kappa shape index (κ1) is 16.0. The Morgan fingerprint density at radius 3 is 2.75 bits per heavy atom. The van der Waals surface area contributed by atoms with Crippen LogP contribution in [0.1, 0.15) is 16.2 Å². The first-order chi connectivity index (χ1) is 11.6. The average molecular weight is 340 g/mol. The molecule has 3 rings (SSSR count). The third kappa shape index (κ3) is 4.08. The number of ether oxygens (including phenoxy) is 1. The van der Waals surface area contributed by atoms with Gasteiger partial charge in [-0.1, -0.05) is 17.7 Å². The summed E-state index contributed by atoms with van der Waals surface area (Å²) in [5, 5.41) is 3.22. The van der Waals surface area contributed by atoms with E-state index in [1.807, 2.05) is 13.0 Å². The zero-order valence-electron chi connectivity index (χ0n) is 12.9. The van der Waals surface area contributed by atoms with Gasteiger partial charge in [-0.3, -0.25) is 9.78 Å². The van der Waals surface area contributed by atoms with Gasteiger partial charge in [-0.15, -0.1) is 0 Å². The molecule has 2 aromatic heterocycles. The van der Waals surface area contributed by atoms with Gasteiger partial charge in [-0.2, -0.15) is 0 Å². The summed E-state index contributed by atoms with van der Waals surface area (Å²) in [5.74, 6) is 0.772. The number of pyridine rings is 2. The molecule has 0 bridgehead atoms. The summed E-state index contributed by atoms with van der Waals surface area (Å²) in [4.78, 5) is 20.5. The predicted molar refractivity (Wildman–Crippen MR) is 92.7 cm³/mol. The van der Waals surface area contributed by atoms with Crippen LogP contribution in [0.4, 0.5) is 5.69 Å². The minimum Gasteiger partial charge on any atom is -0.456 e. The fraction of sp³-hybridized carbons (Fsp3) is 0.0556. The van der Waals surface area contributed by atoms with Crippen molar-refractivity contribution in [3.05, 3.63) is 77.3 Å². The molecule has 120 valence electrons. The van der Waals surface area contributed by atoms with Gasteiger partial charge in [0, 0.05) is 28.7 Å². The summed E-state index contributed by atoms with van der Waals surface area (Å²) >= 11 is 6.11. The van der Waals surface area contributed by atoms with Crippen molar-refractivity contribution in [2.24, 2.45) is 0 Å². The number of amides is 1. The molecule has 24 heavy (non-hydrogen) atoms. The largest absolute Gasteiger partial charge is 0.456 e. The quantitative estimate of drug-likeness (QED) is 0.761. The molecule has 0 aliphatic rings. The van der Waals surface area contributed by atoms with Crippen molar-refractivity contribution >= 4 is 23.2 Å². The minimum absolute atomic E-state index is 0.312. The van der Waals surface area contributed by atoms with Gasteiger partial charge in [0.05, 0.1) is 6.20 Å². The second kappa shape index (κ2) is 7.10. The molecule has 0 saturated carbocycles. The van der Waals surface area contributed by atoms with E-state index in [2.05, 4.69) is 15.3 Å². The number of hydrogen-bond donors (Lipinski definition) is 1. The van der Waals surface area contributed by atoms with Gasteiger partial charge in [0.15, 0.2) is 0 Å². The van der Waals surface area contributed by atoms with E-state index in [1.165, 1.54) is 0 Å². The molecule has 0 atom stereocenters. The second-order valence-corrected chi connectivity index (χ2v) is 5.52. The Kier molecular flexibility index (Phi) is 4.72. The van der Waals surface area contributed by atoms with Gasteiger partial charge in [-0.25, -0.2) is 4.98 Å². The lowest BCUT2D eigenvalue weighted by molar-refractivity contribution is 0.102. The van der Waals surface area contributed by atoms with E-state index in [4.69, 9.17) is 16.3 Å². The molecular formula is C18H14ClN3O2. The van der Waals surface area contributed by atoms with Crippen molar-refractivity contribution in [3.63, 3.8) is 0 Å². The van der Waals surface area contributed by atoms with Crippen molar-refractivity contribution in [1.82, 2.24) is 9.97 Å². The molecular weight excluding hydrogens is 326 g/mol. The molecule has 0 unspecified atom stereocenters. The fourth-order valence-corrected chi connectivity index (χ4v) is 2.33. The summed E-state index contributed by atoms with van der Waals surface area (Å²) in [6, 6.07) is 13.8. The molecule has 3 aromatic rings. The van der Waals surface area contributed by atoms with E-state index in [1.54, 1.807) is 54.9 Å². The van der Waals surface area contributed by atoms with Gasteiger partial charge < -0.3 is 10.1 Å². The monoisotopic (exact) mass is 339 g/mol. The van der Waals surface area contributed by atoms with Crippen LogP contribution in [0.5, 0.6) is 11.5 Å². The van der Waals surface area contributed by atoms with Crippen molar-refractivity contribution in [2.75, 3.05) is 5.32 Å². The Labute approximate surface area is 144 Å². The van der Waals surface area contributed by atoms with Crippen molar-refractivity contribution in [1.29, 1.82) is 0 Å². The normalized spacial score (nSPS) is 10.2. The first-order valence-electron chi connectivity index (χ1n) is 7.24. The van der Waals surface area contributed by atoms with Gasteiger partial charge in [0.25, 0.3) is 5.91 Å². The molecule has 0 saturated heterocycles. The Balaban J connectivity index is 1.80. The Bertz CT molecular complexity index is 869. The number of rotatable bonds is 4. The number of aromatic nitrogens is 2. The lowest BCUT2D eigenvalue weighted by atomic mass is 10.2. The lowest BCUT2D eigenvalue weighted by Crippen LogP contribution is -2.14. The highest BCUT2D eigenvalue weighted by Crippen LogP contribution is 2.28. The highest BCUT2D eigenvalue weighted by atomic mass is 35.5. The third-order valence-electron chi connectivity index (χ3n) is 3.12. The molecule has 0 aliphatic carbocycles. The van der Waals surface area contributed by atoms with Crippen LogP contribution in [0.15, 0.2) is 60.9 Å². The summed E-state index contributed by atoms with van der Waals surface area (Å²) < 4.78 is 5.69. The first-order valence-corrected chi connectivity index (χ1v) is 7.61. The smallest absolute Gasteiger partial charge is 0.274 e. The summed E-state index contributed by atoms with van der Waals surface area (Å²) in [6.07, 6.45) is 3.25. The van der Waals surface area contributed by atoms with Crippen LogP contribution in [0.25, 0.3) is 0 Å². The molecule has 0 aliphatic heterocycles. The van der Waals surface area contributed by atoms with E-state index in [-0.39, 0.29) is 5.91 Å². The fourth-order valence-electron chi connectivity index (χ4n) is 2.10. The van der Waals surface area contributed by atoms with Gasteiger partial charge >= 0.3 is 0 Å². The molecule has 0 fully saturated rings. The number of hydrogen-bond acceptors (Lipinski definition) is 4. The predicted octanol–water partition coefficient (Wildman–Crippen LogP) is 4.48. The number of anilines is 1. The number of carbonyl (C=O) groups excluding carboxylic acids is 1. The summed E-state index contributed by atoms with van der Waals surface area (Å²) in [7, 11) is 0. The number of nitrogens with zero attached hydrogens (tertiary/aromatic N) is 2. The van der Waals surface area contributed by atoms with E-state index >= 15 is 0 Å². The number of benzene rings is 1. The zero-order chi connectivity index (χ0) is 16.9. The summed E-state index contributed by atoms with van der Waals surface area (Å²) in [5.41, 5.74) is 1.63. The van der Waals surface area contributed by atoms with Crippen LogP contribution in [0.3, 0.4) is 0 Å². The second-order valence-electron chi connectivity index (χ2n) is 5.08. The topological polar surface area (TPSA) is 64.1 Å². The maximum absolute atomic E-state index is 12.3. The van der Waals surface area contributed by atoms with Crippen LogP contribution in [-0.2, 0) is 0 Å². The molecule has 0 spiro atoms. The van der Waals surface area contributed by atoms with Crippen LogP contribution < -0.4 is 10.1 Å². The average Bonchev–Trinajstić information content (AvgIpc) is 2.55. The van der Waals surface area contributed by atoms with Gasteiger partial charge in [0.1, 0.15) is 17.2 Å². The molecule has 1 N–H and O–H groups in total. The standard InChI is InChI=1S/C18H14ClN3O2/c1-12-4-2-6-17(21-12)18(23)22-14-8-13(19)9-16(10-14)24-15-5-3-7-20-11-15/h2-11H,1H3,(H,22,23). The Hall–Kier alpha value is -2.92. The molecule has 5 nitrogen and oxygen atoms in total. The number of nitrogens with one attached hydrogen (secondary N) is 1. The number of halogens is 1. The molecule has 1 amide bonds. The van der Waals surface area contributed by atoms with Gasteiger partial charge in [-0.05, 0) is 43.3 Å². The zero-order valence-corrected chi connectivity index (χ0v) is 13.6. The van der Waals surface area contributed by atoms with Crippen LogP contribution >= 0.6 is 11.6 Å². The lowest BCUT2D eigenvalue weighted by Gasteiger charge is -2.10. The van der Waals surface area contributed by atoms with Crippen molar-refractivity contribution in [3.8, 4) is 11.5 Å². The van der Waals surface area contributed by atoms with E-state index in [9.17, 15) is 4.79 Å². The Morgan fingerprint density at radius 2 is 2.00 bits per heavy atom. The SMILES string of the molecule is Cc1cccc(C(=O)Nc2cc(Cl)cc(Oc3cccnc3)c2)n1. The molecule has 2 heterocycles. The summed E-state index contributed by atoms with van der Waals surface area (Å²) in [6.45, 7) is 1.83. The van der Waals surface area contributed by atoms with Gasteiger partial charge in [0.2, 0.25) is 0 Å². The minimum atomic E-state index is -0.312.